The largest absolute Gasteiger partial charge is 0.474 e. The lowest BCUT2D eigenvalue weighted by molar-refractivity contribution is -0.134. The molecule has 3 fully saturated rings. The molecule has 3 N–H and O–H groups in total. The Labute approximate surface area is 325 Å². The van der Waals surface area contributed by atoms with E-state index in [4.69, 9.17) is 9.72 Å². The Kier molecular flexibility index (Phi) is 9.74. The summed E-state index contributed by atoms with van der Waals surface area (Å²) in [4.78, 5) is 57.5. The molecule has 4 aromatic rings. The van der Waals surface area contributed by atoms with Crippen molar-refractivity contribution in [2.45, 2.75) is 69.9 Å². The molecule has 3 amide bonds. The van der Waals surface area contributed by atoms with Gasteiger partial charge in [-0.05, 0) is 67.0 Å². The second-order valence-electron chi connectivity index (χ2n) is 15.6. The van der Waals surface area contributed by atoms with Crippen LogP contribution in [0, 0.1) is 12.7 Å². The minimum absolute atomic E-state index is 0.0151. The summed E-state index contributed by atoms with van der Waals surface area (Å²) in [5, 5.41) is 9.01. The molecule has 0 saturated carbocycles. The topological polar surface area (TPSA) is 145 Å². The van der Waals surface area contributed by atoms with E-state index in [0.29, 0.717) is 74.1 Å². The Balaban J connectivity index is 0.747. The van der Waals surface area contributed by atoms with E-state index < -0.39 is 5.82 Å². The van der Waals surface area contributed by atoms with Crippen molar-refractivity contribution in [3.8, 4) is 5.88 Å². The fraction of sp³-hybridized carbons (Fsp3) is 0.429. The summed E-state index contributed by atoms with van der Waals surface area (Å²) >= 11 is 0. The van der Waals surface area contributed by atoms with E-state index in [2.05, 4.69) is 54.8 Å². The summed E-state index contributed by atoms with van der Waals surface area (Å²) in [5.74, 6) is 0.302. The number of hydrogen-bond acceptors (Lipinski definition) is 11. The third-order valence-electron chi connectivity index (χ3n) is 12.2. The van der Waals surface area contributed by atoms with Gasteiger partial charge in [0.2, 0.25) is 29.5 Å². The van der Waals surface area contributed by atoms with Crippen molar-refractivity contribution in [3.05, 3.63) is 94.2 Å². The van der Waals surface area contributed by atoms with Gasteiger partial charge >= 0.3 is 0 Å². The molecule has 14 heteroatoms. The van der Waals surface area contributed by atoms with Crippen LogP contribution in [0.5, 0.6) is 5.88 Å². The standard InChI is InChI=1S/C42H46FN9O4/c1-25-36(21-45-41-39(25)44-13-17-56-41)51-14-10-29-20-46-42(48-35(29)24-51)47-31-7-6-28(34(43)19-31)18-38(54)50-15-11-32(12-16-50)52-22-30(23-52)26-2-4-27(5-3-26)33-8-9-37(53)49-40(33)55/h2-7,19-21,30,32-33,44H,8-18,22-24H2,1H3,(H,46,47,48)(H,49,53,55). The number of halogens is 1. The van der Waals surface area contributed by atoms with E-state index in [-0.39, 0.29) is 30.1 Å². The zero-order valence-corrected chi connectivity index (χ0v) is 31.5. The predicted molar refractivity (Wildman–Crippen MR) is 209 cm³/mol. The number of nitrogens with zero attached hydrogens (tertiary/aromatic N) is 6. The van der Waals surface area contributed by atoms with Crippen molar-refractivity contribution >= 4 is 40.7 Å². The Morgan fingerprint density at radius 2 is 1.79 bits per heavy atom. The van der Waals surface area contributed by atoms with Crippen LogP contribution in [0.1, 0.15) is 71.0 Å². The van der Waals surface area contributed by atoms with Crippen LogP contribution in [0.25, 0.3) is 0 Å². The van der Waals surface area contributed by atoms with Crippen molar-refractivity contribution in [2.75, 3.05) is 61.4 Å². The van der Waals surface area contributed by atoms with Crippen molar-refractivity contribution < 1.29 is 23.5 Å². The van der Waals surface area contributed by atoms with Gasteiger partial charge in [-0.1, -0.05) is 30.3 Å². The number of likely N-dealkylation sites (tertiary alicyclic amines) is 2. The number of rotatable bonds is 8. The molecule has 1 atom stereocenters. The number of ether oxygens (including phenoxy) is 1. The number of aromatic nitrogens is 3. The lowest BCUT2D eigenvalue weighted by Crippen LogP contribution is -2.54. The number of pyridine rings is 1. The first kappa shape index (κ1) is 36.0. The second-order valence-corrected chi connectivity index (χ2v) is 15.6. The van der Waals surface area contributed by atoms with E-state index in [9.17, 15) is 14.4 Å². The van der Waals surface area contributed by atoms with E-state index in [1.165, 1.54) is 11.6 Å². The number of imide groups is 1. The monoisotopic (exact) mass is 759 g/mol. The van der Waals surface area contributed by atoms with Crippen LogP contribution in [0.2, 0.25) is 0 Å². The summed E-state index contributed by atoms with van der Waals surface area (Å²) in [6, 6.07) is 13.5. The second kappa shape index (κ2) is 15.1. The molecule has 9 rings (SSSR count). The molecule has 1 unspecified atom stereocenters. The predicted octanol–water partition coefficient (Wildman–Crippen LogP) is 4.58. The van der Waals surface area contributed by atoms with E-state index >= 15 is 4.39 Å². The Hall–Kier alpha value is -5.63. The van der Waals surface area contributed by atoms with Gasteiger partial charge in [0.15, 0.2) is 0 Å². The third-order valence-corrected chi connectivity index (χ3v) is 12.2. The van der Waals surface area contributed by atoms with E-state index in [1.807, 2.05) is 29.4 Å². The smallest absolute Gasteiger partial charge is 0.237 e. The first-order chi connectivity index (χ1) is 27.3. The van der Waals surface area contributed by atoms with E-state index in [0.717, 1.165) is 79.2 Å². The molecule has 5 aliphatic heterocycles. The van der Waals surface area contributed by atoms with Crippen molar-refractivity contribution in [2.24, 2.45) is 0 Å². The zero-order valence-electron chi connectivity index (χ0n) is 31.5. The van der Waals surface area contributed by atoms with Gasteiger partial charge in [0, 0.05) is 75.1 Å². The fourth-order valence-electron chi connectivity index (χ4n) is 8.79. The average Bonchev–Trinajstić information content (AvgIpc) is 3.19. The summed E-state index contributed by atoms with van der Waals surface area (Å²) in [7, 11) is 0. The van der Waals surface area contributed by atoms with Gasteiger partial charge in [-0.25, -0.2) is 19.3 Å². The van der Waals surface area contributed by atoms with Crippen LogP contribution in [-0.2, 0) is 33.8 Å². The Bertz CT molecular complexity index is 2170. The molecule has 0 aliphatic carbocycles. The maximum Gasteiger partial charge on any atom is 0.237 e. The molecule has 290 valence electrons. The molecule has 3 saturated heterocycles. The van der Waals surface area contributed by atoms with Crippen LogP contribution in [0.15, 0.2) is 54.9 Å². The van der Waals surface area contributed by atoms with Crippen LogP contribution in [0.4, 0.5) is 27.4 Å². The highest BCUT2D eigenvalue weighted by atomic mass is 19.1. The molecule has 13 nitrogen and oxygen atoms in total. The maximum atomic E-state index is 15.4. The highest BCUT2D eigenvalue weighted by Crippen LogP contribution is 2.37. The number of amides is 3. The number of anilines is 4. The molecule has 0 bridgehead atoms. The zero-order chi connectivity index (χ0) is 38.3. The van der Waals surface area contributed by atoms with Crippen LogP contribution in [-0.4, -0.2) is 94.4 Å². The molecule has 5 aliphatic rings. The molecule has 2 aromatic carbocycles. The molecular weight excluding hydrogens is 714 g/mol. The van der Waals surface area contributed by atoms with Crippen LogP contribution >= 0.6 is 0 Å². The van der Waals surface area contributed by atoms with Crippen molar-refractivity contribution in [3.63, 3.8) is 0 Å². The first-order valence-corrected chi connectivity index (χ1v) is 19.7. The molecule has 0 radical (unpaired) electrons. The normalized spacial score (nSPS) is 20.3. The van der Waals surface area contributed by atoms with Gasteiger partial charge in [0.1, 0.15) is 18.1 Å². The number of nitrogens with one attached hydrogen (secondary N) is 3. The van der Waals surface area contributed by atoms with Gasteiger partial charge in [0.05, 0.1) is 36.5 Å². The SMILES string of the molecule is Cc1c(N2CCc3cnc(Nc4ccc(CC(=O)N5CCC(N6CC(c7ccc(C8CCC(=O)NC8=O)cc7)C6)CC5)c(F)c4)nc3C2)cnc2c1NCCO2. The lowest BCUT2D eigenvalue weighted by Gasteiger charge is -2.47. The van der Waals surface area contributed by atoms with Crippen LogP contribution < -0.4 is 25.6 Å². The summed E-state index contributed by atoms with van der Waals surface area (Å²) in [5.41, 5.74) is 8.18. The van der Waals surface area contributed by atoms with Gasteiger partial charge < -0.3 is 25.2 Å². The summed E-state index contributed by atoms with van der Waals surface area (Å²) in [6.45, 7) is 8.11. The summed E-state index contributed by atoms with van der Waals surface area (Å²) < 4.78 is 21.1. The number of fused-ring (bicyclic) bond motifs is 2. The number of benzene rings is 2. The molecule has 2 aromatic heterocycles. The number of carbonyl (C=O) groups is 3. The lowest BCUT2D eigenvalue weighted by atomic mass is 9.85. The number of carbonyl (C=O) groups excluding carboxylic acids is 3. The van der Waals surface area contributed by atoms with Gasteiger partial charge in [-0.2, -0.15) is 0 Å². The van der Waals surface area contributed by atoms with E-state index in [1.54, 1.807) is 12.1 Å². The average molecular weight is 760 g/mol. The molecule has 56 heavy (non-hydrogen) atoms. The first-order valence-electron chi connectivity index (χ1n) is 19.7. The Morgan fingerprint density at radius 3 is 2.57 bits per heavy atom. The van der Waals surface area contributed by atoms with Gasteiger partial charge in [-0.3, -0.25) is 24.6 Å². The minimum Gasteiger partial charge on any atom is -0.474 e. The fourth-order valence-corrected chi connectivity index (χ4v) is 8.79. The Morgan fingerprint density at radius 1 is 0.982 bits per heavy atom. The quantitative estimate of drug-likeness (QED) is 0.217. The minimum atomic E-state index is -0.438. The molecule has 7 heterocycles. The number of piperidine rings is 2. The number of hydrogen-bond donors (Lipinski definition) is 3. The molecular formula is C42H46FN9O4. The van der Waals surface area contributed by atoms with Crippen molar-refractivity contribution in [1.29, 1.82) is 0 Å². The van der Waals surface area contributed by atoms with Gasteiger partial charge in [-0.15, -0.1) is 0 Å². The summed E-state index contributed by atoms with van der Waals surface area (Å²) in [6.07, 6.45) is 7.24. The maximum absolute atomic E-state index is 15.4. The highest BCUT2D eigenvalue weighted by Gasteiger charge is 2.36. The van der Waals surface area contributed by atoms with Gasteiger partial charge in [0.25, 0.3) is 0 Å². The van der Waals surface area contributed by atoms with Crippen LogP contribution in [0.3, 0.4) is 0 Å². The third kappa shape index (κ3) is 7.25. The molecule has 0 spiro atoms. The van der Waals surface area contributed by atoms with Crippen molar-refractivity contribution in [1.82, 2.24) is 30.1 Å². The highest BCUT2D eigenvalue weighted by molar-refractivity contribution is 6.00.